The second-order valence-electron chi connectivity index (χ2n) is 6.23. The van der Waals surface area contributed by atoms with E-state index in [1.807, 2.05) is 27.7 Å². The molecule has 0 aliphatic carbocycles. The van der Waals surface area contributed by atoms with Crippen molar-refractivity contribution in [2.45, 2.75) is 79.2 Å². The van der Waals surface area contributed by atoms with Crippen molar-refractivity contribution in [1.29, 1.82) is 0 Å². The summed E-state index contributed by atoms with van der Waals surface area (Å²) in [4.78, 5) is 12.1. The first-order chi connectivity index (χ1) is 7.66. The van der Waals surface area contributed by atoms with Crippen LogP contribution in [0, 0.1) is 11.3 Å². The number of unbranched alkanes of at least 4 members (excludes halogenated alkanes) is 3. The van der Waals surface area contributed by atoms with Crippen molar-refractivity contribution in [2.75, 3.05) is 0 Å². The average molecular weight is 242 g/mol. The van der Waals surface area contributed by atoms with Crippen LogP contribution < -0.4 is 0 Å². The highest BCUT2D eigenvalue weighted by Crippen LogP contribution is 2.37. The van der Waals surface area contributed by atoms with E-state index in [4.69, 9.17) is 0 Å². The normalized spacial score (nSPS) is 16.0. The van der Waals surface area contributed by atoms with Crippen LogP contribution in [-0.2, 0) is 4.79 Å². The van der Waals surface area contributed by atoms with Crippen LogP contribution in [0.2, 0.25) is 0 Å². The Morgan fingerprint density at radius 2 is 1.65 bits per heavy atom. The van der Waals surface area contributed by atoms with E-state index in [9.17, 15) is 9.90 Å². The predicted molar refractivity (Wildman–Crippen MR) is 73.0 cm³/mol. The molecule has 0 saturated carbocycles. The van der Waals surface area contributed by atoms with Gasteiger partial charge in [0.15, 0.2) is 0 Å². The number of hydrogen-bond acceptors (Lipinski definition) is 2. The second-order valence-corrected chi connectivity index (χ2v) is 6.23. The van der Waals surface area contributed by atoms with Crippen molar-refractivity contribution in [3.63, 3.8) is 0 Å². The van der Waals surface area contributed by atoms with Gasteiger partial charge in [0.25, 0.3) is 0 Å². The van der Waals surface area contributed by atoms with Crippen LogP contribution >= 0.6 is 0 Å². The molecule has 0 bridgehead atoms. The molecule has 102 valence electrons. The number of Topliss-reactive ketones (excluding diaryl/α,β-unsaturated/α-hetero) is 1. The van der Waals surface area contributed by atoms with E-state index >= 15 is 0 Å². The Morgan fingerprint density at radius 1 is 1.12 bits per heavy atom. The maximum absolute atomic E-state index is 12.1. The van der Waals surface area contributed by atoms with Crippen molar-refractivity contribution >= 4 is 5.78 Å². The topological polar surface area (TPSA) is 37.3 Å². The Balaban J connectivity index is 4.50. The second kappa shape index (κ2) is 6.53. The average Bonchev–Trinajstić information content (AvgIpc) is 2.22. The van der Waals surface area contributed by atoms with Gasteiger partial charge < -0.3 is 5.11 Å². The lowest BCUT2D eigenvalue weighted by Gasteiger charge is -2.40. The lowest BCUT2D eigenvalue weighted by atomic mass is 9.68. The lowest BCUT2D eigenvalue weighted by molar-refractivity contribution is -0.146. The molecule has 2 heteroatoms. The number of rotatable bonds is 8. The molecule has 0 amide bonds. The van der Waals surface area contributed by atoms with Gasteiger partial charge in [0.05, 0.1) is 11.0 Å². The zero-order valence-electron chi connectivity index (χ0n) is 12.5. The van der Waals surface area contributed by atoms with Gasteiger partial charge in [-0.2, -0.15) is 0 Å². The van der Waals surface area contributed by atoms with Gasteiger partial charge in [0.1, 0.15) is 5.78 Å². The van der Waals surface area contributed by atoms with Gasteiger partial charge in [-0.25, -0.2) is 0 Å². The van der Waals surface area contributed by atoms with Crippen molar-refractivity contribution < 1.29 is 9.90 Å². The van der Waals surface area contributed by atoms with E-state index in [2.05, 4.69) is 6.92 Å². The molecule has 0 fully saturated rings. The fourth-order valence-corrected chi connectivity index (χ4v) is 2.20. The minimum atomic E-state index is -0.901. The monoisotopic (exact) mass is 242 g/mol. The van der Waals surface area contributed by atoms with E-state index in [0.717, 1.165) is 12.8 Å². The van der Waals surface area contributed by atoms with Gasteiger partial charge >= 0.3 is 0 Å². The molecule has 0 radical (unpaired) electrons. The molecule has 0 aromatic carbocycles. The molecule has 0 rings (SSSR count). The van der Waals surface area contributed by atoms with Gasteiger partial charge in [-0.15, -0.1) is 0 Å². The van der Waals surface area contributed by atoms with E-state index in [1.165, 1.54) is 12.8 Å². The highest BCUT2D eigenvalue weighted by atomic mass is 16.3. The van der Waals surface area contributed by atoms with Crippen molar-refractivity contribution in [3.8, 4) is 0 Å². The molecule has 0 saturated heterocycles. The number of carbonyl (C=O) groups is 1. The molecule has 1 unspecified atom stereocenters. The molecule has 0 heterocycles. The lowest BCUT2D eigenvalue weighted by Crippen LogP contribution is -2.48. The van der Waals surface area contributed by atoms with Crippen LogP contribution in [0.4, 0.5) is 0 Å². The molecule has 0 spiro atoms. The molecule has 0 aliphatic rings. The van der Waals surface area contributed by atoms with Gasteiger partial charge in [-0.3, -0.25) is 4.79 Å². The molecular weight excluding hydrogens is 212 g/mol. The highest BCUT2D eigenvalue weighted by molar-refractivity contribution is 5.86. The molecule has 0 aromatic rings. The minimum Gasteiger partial charge on any atom is -0.389 e. The Bertz CT molecular complexity index is 239. The summed E-state index contributed by atoms with van der Waals surface area (Å²) in [5.41, 5.74) is -1.56. The summed E-state index contributed by atoms with van der Waals surface area (Å²) in [6.07, 6.45) is 5.23. The number of aliphatic hydroxyl groups is 1. The molecular formula is C15H30O2. The predicted octanol–water partition coefficient (Wildman–Crippen LogP) is 3.96. The molecule has 1 atom stereocenters. The first-order valence-corrected chi connectivity index (χ1v) is 6.93. The van der Waals surface area contributed by atoms with E-state index in [0.29, 0.717) is 6.42 Å². The minimum absolute atomic E-state index is 0.0212. The van der Waals surface area contributed by atoms with Gasteiger partial charge in [0, 0.05) is 5.92 Å². The van der Waals surface area contributed by atoms with Gasteiger partial charge in [-0.05, 0) is 13.3 Å². The SMILES string of the molecule is CCCCCCC(C)(O)C(C)(C)C(=O)C(C)C. The Kier molecular flexibility index (Phi) is 6.39. The summed E-state index contributed by atoms with van der Waals surface area (Å²) in [6, 6.07) is 0. The summed E-state index contributed by atoms with van der Waals surface area (Å²) < 4.78 is 0. The van der Waals surface area contributed by atoms with Gasteiger partial charge in [-0.1, -0.05) is 60.3 Å². The number of hydrogen-bond donors (Lipinski definition) is 1. The van der Waals surface area contributed by atoms with Crippen LogP contribution in [0.25, 0.3) is 0 Å². The molecule has 2 nitrogen and oxygen atoms in total. The smallest absolute Gasteiger partial charge is 0.143 e. The third-order valence-electron chi connectivity index (χ3n) is 4.00. The summed E-state index contributed by atoms with van der Waals surface area (Å²) in [7, 11) is 0. The van der Waals surface area contributed by atoms with Crippen LogP contribution in [0.15, 0.2) is 0 Å². The van der Waals surface area contributed by atoms with E-state index in [1.54, 1.807) is 6.92 Å². The number of ketones is 1. The highest BCUT2D eigenvalue weighted by Gasteiger charge is 2.44. The van der Waals surface area contributed by atoms with Crippen molar-refractivity contribution in [1.82, 2.24) is 0 Å². The maximum atomic E-state index is 12.1. The first-order valence-electron chi connectivity index (χ1n) is 6.93. The fraction of sp³-hybridized carbons (Fsp3) is 0.933. The first kappa shape index (κ1) is 16.6. The zero-order chi connectivity index (χ0) is 13.7. The third-order valence-corrected chi connectivity index (χ3v) is 4.00. The maximum Gasteiger partial charge on any atom is 0.143 e. The Hall–Kier alpha value is -0.370. The van der Waals surface area contributed by atoms with Crippen LogP contribution in [-0.4, -0.2) is 16.5 Å². The summed E-state index contributed by atoms with van der Waals surface area (Å²) in [5.74, 6) is 0.130. The fourth-order valence-electron chi connectivity index (χ4n) is 2.20. The standard InChI is InChI=1S/C15H30O2/c1-7-8-9-10-11-15(6,17)14(4,5)13(16)12(2)3/h12,17H,7-11H2,1-6H3. The molecule has 0 aromatic heterocycles. The summed E-state index contributed by atoms with van der Waals surface area (Å²) in [5, 5.41) is 10.5. The largest absolute Gasteiger partial charge is 0.389 e. The quantitative estimate of drug-likeness (QED) is 0.654. The summed E-state index contributed by atoms with van der Waals surface area (Å²) in [6.45, 7) is 11.5. The number of carbonyl (C=O) groups excluding carboxylic acids is 1. The van der Waals surface area contributed by atoms with E-state index < -0.39 is 11.0 Å². The molecule has 17 heavy (non-hydrogen) atoms. The van der Waals surface area contributed by atoms with Gasteiger partial charge in [0.2, 0.25) is 0 Å². The molecule has 1 N–H and O–H groups in total. The van der Waals surface area contributed by atoms with Crippen LogP contribution in [0.1, 0.15) is 73.6 Å². The van der Waals surface area contributed by atoms with E-state index in [-0.39, 0.29) is 11.7 Å². The van der Waals surface area contributed by atoms with Crippen molar-refractivity contribution in [3.05, 3.63) is 0 Å². The Morgan fingerprint density at radius 3 is 2.06 bits per heavy atom. The third kappa shape index (κ3) is 4.42. The van der Waals surface area contributed by atoms with Crippen LogP contribution in [0.5, 0.6) is 0 Å². The summed E-state index contributed by atoms with van der Waals surface area (Å²) >= 11 is 0. The zero-order valence-corrected chi connectivity index (χ0v) is 12.5. The van der Waals surface area contributed by atoms with Crippen molar-refractivity contribution in [2.24, 2.45) is 11.3 Å². The Labute approximate surface area is 107 Å². The van der Waals surface area contributed by atoms with Crippen LogP contribution in [0.3, 0.4) is 0 Å². The molecule has 0 aliphatic heterocycles.